The molecule has 1 amide bonds. The van der Waals surface area contributed by atoms with Crippen LogP contribution in [0.2, 0.25) is 5.02 Å². The van der Waals surface area contributed by atoms with Crippen molar-refractivity contribution in [1.82, 2.24) is 20.1 Å². The number of carbonyl (C=O) groups is 1. The summed E-state index contributed by atoms with van der Waals surface area (Å²) in [6.07, 6.45) is 4.76. The van der Waals surface area contributed by atoms with Crippen LogP contribution in [0.3, 0.4) is 0 Å². The van der Waals surface area contributed by atoms with E-state index in [0.717, 1.165) is 11.3 Å². The fourth-order valence-electron chi connectivity index (χ4n) is 3.19. The van der Waals surface area contributed by atoms with Gasteiger partial charge in [-0.2, -0.15) is 5.10 Å². The van der Waals surface area contributed by atoms with E-state index in [4.69, 9.17) is 11.6 Å². The molecule has 1 N–H and O–H groups in total. The van der Waals surface area contributed by atoms with E-state index in [1.165, 1.54) is 10.8 Å². The highest BCUT2D eigenvalue weighted by atomic mass is 35.5. The van der Waals surface area contributed by atoms with Gasteiger partial charge in [-0.1, -0.05) is 54.1 Å². The fraction of sp³-hybridized carbons (Fsp3) is 0.0833. The summed E-state index contributed by atoms with van der Waals surface area (Å²) in [5.74, 6) is -0.284. The molecule has 0 radical (unpaired) electrons. The quantitative estimate of drug-likeness (QED) is 0.472. The number of hydrogen-bond acceptors (Lipinski definition) is 4. The molecule has 0 bridgehead atoms. The maximum absolute atomic E-state index is 12.9. The maximum Gasteiger partial charge on any atom is 0.275 e. The van der Waals surface area contributed by atoms with E-state index < -0.39 is 0 Å². The molecule has 7 heteroatoms. The maximum atomic E-state index is 12.9. The average molecular weight is 431 g/mol. The van der Waals surface area contributed by atoms with Crippen molar-refractivity contribution < 1.29 is 4.79 Å². The molecular formula is C24H19ClN4O2. The van der Waals surface area contributed by atoms with Crippen molar-refractivity contribution in [2.24, 2.45) is 0 Å². The lowest BCUT2D eigenvalue weighted by atomic mass is 10.1. The predicted octanol–water partition coefficient (Wildman–Crippen LogP) is 3.82. The Bertz CT molecular complexity index is 1320. The molecule has 154 valence electrons. The van der Waals surface area contributed by atoms with Gasteiger partial charge in [-0.25, -0.2) is 4.68 Å². The molecule has 0 aliphatic carbocycles. The molecule has 31 heavy (non-hydrogen) atoms. The molecule has 0 aliphatic heterocycles. The van der Waals surface area contributed by atoms with Crippen molar-refractivity contribution in [3.63, 3.8) is 0 Å². The van der Waals surface area contributed by atoms with E-state index in [1.54, 1.807) is 24.4 Å². The van der Waals surface area contributed by atoms with Crippen molar-refractivity contribution in [2.45, 2.75) is 13.1 Å². The van der Waals surface area contributed by atoms with Crippen molar-refractivity contribution in [3.8, 4) is 0 Å². The van der Waals surface area contributed by atoms with Crippen molar-refractivity contribution >= 4 is 34.4 Å². The van der Waals surface area contributed by atoms with Crippen molar-refractivity contribution in [2.75, 3.05) is 0 Å². The van der Waals surface area contributed by atoms with Gasteiger partial charge in [-0.15, -0.1) is 0 Å². The van der Waals surface area contributed by atoms with Crippen LogP contribution in [0, 0.1) is 0 Å². The summed E-state index contributed by atoms with van der Waals surface area (Å²) in [6.45, 7) is 0.423. The van der Waals surface area contributed by atoms with Gasteiger partial charge in [0.05, 0.1) is 29.9 Å². The second-order valence-corrected chi connectivity index (χ2v) is 7.26. The number of halogens is 1. The number of fused-ring (bicyclic) bond motifs is 1. The summed E-state index contributed by atoms with van der Waals surface area (Å²) < 4.78 is 1.38. The first-order chi connectivity index (χ1) is 15.1. The van der Waals surface area contributed by atoms with E-state index in [9.17, 15) is 9.59 Å². The second-order valence-electron chi connectivity index (χ2n) is 6.85. The number of rotatable bonds is 6. The molecule has 6 nitrogen and oxygen atoms in total. The summed E-state index contributed by atoms with van der Waals surface area (Å²) in [6, 6.07) is 20.0. The van der Waals surface area contributed by atoms with Gasteiger partial charge in [0.2, 0.25) is 5.91 Å². The number of amides is 1. The number of pyridine rings is 1. The lowest BCUT2D eigenvalue weighted by molar-refractivity contribution is -0.116. The molecule has 4 aromatic rings. The Hall–Kier alpha value is -3.77. The van der Waals surface area contributed by atoms with Gasteiger partial charge in [-0.05, 0) is 35.9 Å². The Morgan fingerprint density at radius 1 is 1.00 bits per heavy atom. The van der Waals surface area contributed by atoms with E-state index in [0.29, 0.717) is 21.5 Å². The Balaban J connectivity index is 1.58. The summed E-state index contributed by atoms with van der Waals surface area (Å²) in [7, 11) is 0. The minimum Gasteiger partial charge on any atom is -0.347 e. The van der Waals surface area contributed by atoms with Crippen LogP contribution in [0.1, 0.15) is 17.0 Å². The first-order valence-electron chi connectivity index (χ1n) is 9.71. The highest BCUT2D eigenvalue weighted by molar-refractivity contribution is 6.32. The molecular weight excluding hydrogens is 412 g/mol. The van der Waals surface area contributed by atoms with Gasteiger partial charge in [0.1, 0.15) is 0 Å². The van der Waals surface area contributed by atoms with Crippen LogP contribution in [0.15, 0.2) is 83.8 Å². The smallest absolute Gasteiger partial charge is 0.275 e. The number of carbonyl (C=O) groups excluding carboxylic acids is 1. The SMILES string of the molecule is O=C(/C=C/c1ccccc1Cl)NCc1nn(Cc2ccccn2)c(=O)c2ccccc12. The summed E-state index contributed by atoms with van der Waals surface area (Å²) in [5, 5.41) is 9.16. The summed E-state index contributed by atoms with van der Waals surface area (Å²) >= 11 is 6.11. The fourth-order valence-corrected chi connectivity index (χ4v) is 3.39. The predicted molar refractivity (Wildman–Crippen MR) is 122 cm³/mol. The van der Waals surface area contributed by atoms with E-state index in [-0.39, 0.29) is 24.6 Å². The molecule has 0 unspecified atom stereocenters. The van der Waals surface area contributed by atoms with Crippen LogP contribution in [0.4, 0.5) is 0 Å². The lowest BCUT2D eigenvalue weighted by Gasteiger charge is -2.11. The molecule has 0 saturated heterocycles. The molecule has 4 rings (SSSR count). The molecule has 2 heterocycles. The van der Waals surface area contributed by atoms with Crippen LogP contribution >= 0.6 is 11.6 Å². The van der Waals surface area contributed by atoms with Crippen LogP contribution < -0.4 is 10.9 Å². The Kier molecular flexibility index (Phi) is 6.19. The highest BCUT2D eigenvalue weighted by Crippen LogP contribution is 2.16. The van der Waals surface area contributed by atoms with E-state index in [1.807, 2.05) is 54.6 Å². The second kappa shape index (κ2) is 9.36. The molecule has 2 aromatic heterocycles. The van der Waals surface area contributed by atoms with Gasteiger partial charge in [0.15, 0.2) is 0 Å². The first-order valence-corrected chi connectivity index (χ1v) is 10.1. The molecule has 2 aromatic carbocycles. The van der Waals surface area contributed by atoms with Crippen LogP contribution in [0.25, 0.3) is 16.8 Å². The van der Waals surface area contributed by atoms with Crippen molar-refractivity contribution in [1.29, 1.82) is 0 Å². The number of hydrogen-bond donors (Lipinski definition) is 1. The minimum absolute atomic E-state index is 0.175. The molecule has 0 aliphatic rings. The lowest BCUT2D eigenvalue weighted by Crippen LogP contribution is -2.28. The number of benzene rings is 2. The molecule has 0 atom stereocenters. The average Bonchev–Trinajstić information content (AvgIpc) is 2.80. The third kappa shape index (κ3) is 4.87. The van der Waals surface area contributed by atoms with Gasteiger partial charge < -0.3 is 5.32 Å². The topological polar surface area (TPSA) is 76.9 Å². The first kappa shape index (κ1) is 20.5. The molecule has 0 fully saturated rings. The highest BCUT2D eigenvalue weighted by Gasteiger charge is 2.11. The zero-order valence-electron chi connectivity index (χ0n) is 16.5. The molecule has 0 saturated carbocycles. The number of nitrogens with zero attached hydrogens (tertiary/aromatic N) is 3. The van der Waals surface area contributed by atoms with Gasteiger partial charge in [0.25, 0.3) is 5.56 Å². The van der Waals surface area contributed by atoms with Crippen LogP contribution in [-0.4, -0.2) is 20.7 Å². The van der Waals surface area contributed by atoms with Crippen molar-refractivity contribution in [3.05, 3.63) is 111 Å². The number of aromatic nitrogens is 3. The normalized spacial score (nSPS) is 11.1. The third-order valence-corrected chi connectivity index (χ3v) is 5.08. The van der Waals surface area contributed by atoms with Crippen LogP contribution in [-0.2, 0) is 17.9 Å². The van der Waals surface area contributed by atoms with E-state index in [2.05, 4.69) is 15.4 Å². The zero-order valence-corrected chi connectivity index (χ0v) is 17.3. The Morgan fingerprint density at radius 2 is 1.74 bits per heavy atom. The summed E-state index contributed by atoms with van der Waals surface area (Å²) in [4.78, 5) is 29.5. The monoisotopic (exact) mass is 430 g/mol. The Morgan fingerprint density at radius 3 is 2.52 bits per heavy atom. The van der Waals surface area contributed by atoms with E-state index >= 15 is 0 Å². The number of nitrogens with one attached hydrogen (secondary N) is 1. The third-order valence-electron chi connectivity index (χ3n) is 4.73. The Labute approximate surface area is 183 Å². The largest absolute Gasteiger partial charge is 0.347 e. The summed E-state index contributed by atoms with van der Waals surface area (Å²) in [5.41, 5.74) is 1.89. The van der Waals surface area contributed by atoms with Gasteiger partial charge in [0, 0.05) is 22.7 Å². The van der Waals surface area contributed by atoms with Gasteiger partial charge in [-0.3, -0.25) is 14.6 Å². The molecule has 0 spiro atoms. The standard InChI is InChI=1S/C24H19ClN4O2/c25-21-11-4-1-7-17(21)12-13-23(30)27-15-22-19-9-2-3-10-20(19)24(31)29(28-22)16-18-8-5-6-14-26-18/h1-14H,15-16H2,(H,27,30)/b13-12+. The van der Waals surface area contributed by atoms with Crippen LogP contribution in [0.5, 0.6) is 0 Å². The minimum atomic E-state index is -0.284. The van der Waals surface area contributed by atoms with Gasteiger partial charge >= 0.3 is 0 Å². The zero-order chi connectivity index (χ0) is 21.6.